The summed E-state index contributed by atoms with van der Waals surface area (Å²) in [6.07, 6.45) is 4.49. The van der Waals surface area contributed by atoms with Gasteiger partial charge in [0.05, 0.1) is 38.9 Å². The van der Waals surface area contributed by atoms with Gasteiger partial charge in [-0.15, -0.1) is 0 Å². The van der Waals surface area contributed by atoms with Gasteiger partial charge in [0, 0.05) is 25.7 Å². The number of ether oxygens (including phenoxy) is 3. The second-order valence-corrected chi connectivity index (χ2v) is 6.28. The topological polar surface area (TPSA) is 49.2 Å². The highest BCUT2D eigenvalue weighted by Crippen LogP contribution is 2.29. The van der Waals surface area contributed by atoms with Crippen LogP contribution in [0, 0.1) is 0 Å². The van der Waals surface area contributed by atoms with Crippen LogP contribution in [0.3, 0.4) is 0 Å². The van der Waals surface area contributed by atoms with E-state index in [0.717, 1.165) is 12.8 Å². The Morgan fingerprint density at radius 1 is 1.09 bits per heavy atom. The van der Waals surface area contributed by atoms with Crippen LogP contribution in [0.4, 0.5) is 0 Å². The van der Waals surface area contributed by atoms with Gasteiger partial charge in [-0.2, -0.15) is 0 Å². The van der Waals surface area contributed by atoms with Crippen molar-refractivity contribution in [1.82, 2.24) is 0 Å². The Hall–Kier alpha value is -1.75. The molecule has 5 heteroatoms. The maximum Gasteiger partial charge on any atom is 0.338 e. The summed E-state index contributed by atoms with van der Waals surface area (Å²) < 4.78 is 16.2. The number of benzene rings is 1. The van der Waals surface area contributed by atoms with E-state index in [2.05, 4.69) is 7.05 Å². The standard InChI is InChI=1S/C17H23NO4/c1-18-12-5-6-13(18)10-14(9-12)22-17(19)11-4-7-15(20-2)16(8-11)21-3/h4,7-8,12-14H,5-6,9-10H2,1-3H3/p+1/t12-,13-/m1/s1. The van der Waals surface area contributed by atoms with Crippen LogP contribution >= 0.6 is 0 Å². The first-order valence-electron chi connectivity index (χ1n) is 7.88. The third-order valence-corrected chi connectivity index (χ3v) is 5.14. The molecule has 2 fully saturated rings. The number of carbonyl (C=O) groups is 1. The fourth-order valence-corrected chi connectivity index (χ4v) is 3.81. The summed E-state index contributed by atoms with van der Waals surface area (Å²) in [5, 5.41) is 0. The lowest BCUT2D eigenvalue weighted by molar-refractivity contribution is -0.923. The minimum absolute atomic E-state index is 0.0433. The molecule has 2 aliphatic rings. The van der Waals surface area contributed by atoms with Crippen molar-refractivity contribution in [3.8, 4) is 11.5 Å². The zero-order chi connectivity index (χ0) is 15.7. The number of hydrogen-bond donors (Lipinski definition) is 1. The van der Waals surface area contributed by atoms with Gasteiger partial charge in [0.25, 0.3) is 0 Å². The van der Waals surface area contributed by atoms with E-state index in [1.165, 1.54) is 12.8 Å². The molecular weight excluding hydrogens is 282 g/mol. The zero-order valence-electron chi connectivity index (χ0n) is 13.4. The first kappa shape index (κ1) is 15.2. The van der Waals surface area contributed by atoms with Crippen LogP contribution in [0.5, 0.6) is 11.5 Å². The Kier molecular flexibility index (Phi) is 4.25. The molecule has 22 heavy (non-hydrogen) atoms. The number of rotatable bonds is 4. The van der Waals surface area contributed by atoms with Crippen molar-refractivity contribution < 1.29 is 23.9 Å². The molecule has 2 bridgehead atoms. The highest BCUT2D eigenvalue weighted by Gasteiger charge is 2.43. The summed E-state index contributed by atoms with van der Waals surface area (Å²) in [7, 11) is 5.39. The molecule has 2 atom stereocenters. The van der Waals surface area contributed by atoms with Gasteiger partial charge in [-0.05, 0) is 18.2 Å². The predicted octanol–water partition coefficient (Wildman–Crippen LogP) is 1.07. The minimum atomic E-state index is -0.273. The van der Waals surface area contributed by atoms with Crippen molar-refractivity contribution in [3.63, 3.8) is 0 Å². The van der Waals surface area contributed by atoms with E-state index >= 15 is 0 Å². The normalized spacial score (nSPS) is 30.0. The van der Waals surface area contributed by atoms with Gasteiger partial charge in [0.1, 0.15) is 6.10 Å². The molecule has 120 valence electrons. The maximum atomic E-state index is 12.4. The number of fused-ring (bicyclic) bond motifs is 2. The summed E-state index contributed by atoms with van der Waals surface area (Å²) in [6.45, 7) is 0. The van der Waals surface area contributed by atoms with Crippen molar-refractivity contribution in [2.45, 2.75) is 43.9 Å². The highest BCUT2D eigenvalue weighted by atomic mass is 16.5. The van der Waals surface area contributed by atoms with Crippen LogP contribution < -0.4 is 14.4 Å². The molecule has 5 nitrogen and oxygen atoms in total. The molecule has 1 aromatic rings. The number of esters is 1. The number of carbonyl (C=O) groups excluding carboxylic acids is 1. The van der Waals surface area contributed by atoms with E-state index in [1.54, 1.807) is 37.3 Å². The Morgan fingerprint density at radius 2 is 1.73 bits per heavy atom. The number of piperidine rings is 1. The van der Waals surface area contributed by atoms with Crippen molar-refractivity contribution in [3.05, 3.63) is 23.8 Å². The lowest BCUT2D eigenvalue weighted by Crippen LogP contribution is -3.15. The first-order valence-corrected chi connectivity index (χ1v) is 7.88. The average Bonchev–Trinajstić information content (AvgIpc) is 2.76. The van der Waals surface area contributed by atoms with Crippen molar-refractivity contribution in [1.29, 1.82) is 0 Å². The molecule has 2 aliphatic heterocycles. The van der Waals surface area contributed by atoms with Gasteiger partial charge in [-0.25, -0.2) is 4.79 Å². The molecule has 0 aliphatic carbocycles. The van der Waals surface area contributed by atoms with Crippen molar-refractivity contribution >= 4 is 5.97 Å². The third-order valence-electron chi connectivity index (χ3n) is 5.14. The predicted molar refractivity (Wildman–Crippen MR) is 81.7 cm³/mol. The Bertz CT molecular complexity index is 546. The second kappa shape index (κ2) is 6.16. The van der Waals surface area contributed by atoms with E-state index in [1.807, 2.05) is 0 Å². The van der Waals surface area contributed by atoms with Gasteiger partial charge in [-0.1, -0.05) is 0 Å². The van der Waals surface area contributed by atoms with Gasteiger partial charge in [-0.3, -0.25) is 0 Å². The lowest BCUT2D eigenvalue weighted by atomic mass is 10.0. The number of methoxy groups -OCH3 is 2. The Balaban J connectivity index is 1.67. The molecule has 0 unspecified atom stereocenters. The smallest absolute Gasteiger partial charge is 0.338 e. The van der Waals surface area contributed by atoms with Gasteiger partial charge in [0.15, 0.2) is 11.5 Å². The van der Waals surface area contributed by atoms with Crippen molar-refractivity contribution in [2.24, 2.45) is 0 Å². The summed E-state index contributed by atoms with van der Waals surface area (Å²) in [4.78, 5) is 14.0. The molecule has 1 N–H and O–H groups in total. The molecular formula is C17H24NO4+. The molecule has 0 saturated carbocycles. The number of hydrogen-bond acceptors (Lipinski definition) is 4. The fourth-order valence-electron chi connectivity index (χ4n) is 3.81. The first-order chi connectivity index (χ1) is 10.6. The third kappa shape index (κ3) is 2.77. The molecule has 2 heterocycles. The molecule has 0 spiro atoms. The van der Waals surface area contributed by atoms with E-state index in [9.17, 15) is 4.79 Å². The Morgan fingerprint density at radius 3 is 2.32 bits per heavy atom. The van der Waals surface area contributed by atoms with Crippen molar-refractivity contribution in [2.75, 3.05) is 21.3 Å². The molecule has 0 aromatic heterocycles. The largest absolute Gasteiger partial charge is 0.493 e. The van der Waals surface area contributed by atoms with E-state index in [0.29, 0.717) is 29.1 Å². The lowest BCUT2D eigenvalue weighted by Gasteiger charge is -2.33. The summed E-state index contributed by atoms with van der Waals surface area (Å²) in [5.41, 5.74) is 0.510. The zero-order valence-corrected chi connectivity index (χ0v) is 13.4. The quantitative estimate of drug-likeness (QED) is 0.846. The average molecular weight is 306 g/mol. The van der Waals surface area contributed by atoms with Gasteiger partial charge < -0.3 is 19.1 Å². The Labute approximate surface area is 131 Å². The summed E-state index contributed by atoms with van der Waals surface area (Å²) in [6, 6.07) is 6.41. The van der Waals surface area contributed by atoms with E-state index in [-0.39, 0.29) is 12.1 Å². The minimum Gasteiger partial charge on any atom is -0.493 e. The monoisotopic (exact) mass is 306 g/mol. The maximum absolute atomic E-state index is 12.4. The van der Waals surface area contributed by atoms with E-state index < -0.39 is 0 Å². The molecule has 2 saturated heterocycles. The summed E-state index contributed by atoms with van der Waals surface area (Å²) in [5.74, 6) is 0.884. The second-order valence-electron chi connectivity index (χ2n) is 6.28. The van der Waals surface area contributed by atoms with Gasteiger partial charge >= 0.3 is 5.97 Å². The molecule has 0 radical (unpaired) electrons. The van der Waals surface area contributed by atoms with Crippen LogP contribution in [-0.4, -0.2) is 45.4 Å². The number of nitrogens with one attached hydrogen (secondary N) is 1. The van der Waals surface area contributed by atoms with Crippen LogP contribution in [0.2, 0.25) is 0 Å². The van der Waals surface area contributed by atoms with Gasteiger partial charge in [0.2, 0.25) is 0 Å². The fraction of sp³-hybridized carbons (Fsp3) is 0.588. The SMILES string of the molecule is COc1ccc(C(=O)OC2C[C@H]3CC[C@H](C2)[NH+]3C)cc1OC. The van der Waals surface area contributed by atoms with E-state index in [4.69, 9.17) is 14.2 Å². The number of quaternary nitrogens is 1. The highest BCUT2D eigenvalue weighted by molar-refractivity contribution is 5.90. The van der Waals surface area contributed by atoms with Crippen LogP contribution in [0.25, 0.3) is 0 Å². The van der Waals surface area contributed by atoms with Crippen LogP contribution in [0.1, 0.15) is 36.0 Å². The van der Waals surface area contributed by atoms with Crippen LogP contribution in [0.15, 0.2) is 18.2 Å². The molecule has 3 rings (SSSR count). The molecule has 0 amide bonds. The molecule has 1 aromatic carbocycles. The van der Waals surface area contributed by atoms with Crippen LogP contribution in [-0.2, 0) is 4.74 Å². The summed E-state index contributed by atoms with van der Waals surface area (Å²) >= 11 is 0.